The lowest BCUT2D eigenvalue weighted by atomic mass is 9.68. The van der Waals surface area contributed by atoms with E-state index in [1.165, 1.54) is 10.4 Å². The van der Waals surface area contributed by atoms with Crippen molar-refractivity contribution in [3.8, 4) is 0 Å². The Balaban J connectivity index is 1.80. The van der Waals surface area contributed by atoms with Gasteiger partial charge in [-0.05, 0) is 68.0 Å². The highest BCUT2D eigenvalue weighted by Gasteiger charge is 2.41. The third-order valence-electron chi connectivity index (χ3n) is 5.94. The van der Waals surface area contributed by atoms with Crippen molar-refractivity contribution in [2.75, 3.05) is 13.2 Å². The maximum absolute atomic E-state index is 12.6. The van der Waals surface area contributed by atoms with Gasteiger partial charge in [0.25, 0.3) is 0 Å². The topological polar surface area (TPSA) is 29.5 Å². The summed E-state index contributed by atoms with van der Waals surface area (Å²) in [6, 6.07) is 12.3. The fraction of sp³-hybridized carbons (Fsp3) is 0.542. The molecule has 2 aromatic rings. The molecule has 158 valence electrons. The number of halogens is 1. The minimum atomic E-state index is -0.160. The molecule has 1 aromatic heterocycles. The van der Waals surface area contributed by atoms with Crippen LogP contribution >= 0.6 is 22.9 Å². The average molecular weight is 434 g/mol. The van der Waals surface area contributed by atoms with E-state index in [0.29, 0.717) is 13.0 Å². The molecule has 0 bridgehead atoms. The molecule has 2 heterocycles. The van der Waals surface area contributed by atoms with Gasteiger partial charge in [0.1, 0.15) is 0 Å². The fourth-order valence-corrected chi connectivity index (χ4v) is 5.49. The normalized spacial score (nSPS) is 21.1. The molecule has 29 heavy (non-hydrogen) atoms. The van der Waals surface area contributed by atoms with Gasteiger partial charge in [-0.3, -0.25) is 4.79 Å². The second-order valence-corrected chi connectivity index (χ2v) is 10.2. The third kappa shape index (κ3) is 6.07. The number of carbonyl (C=O) groups is 1. The van der Waals surface area contributed by atoms with E-state index < -0.39 is 0 Å². The highest BCUT2D eigenvalue weighted by molar-refractivity contribution is 7.09. The predicted octanol–water partition coefficient (Wildman–Crippen LogP) is 6.35. The smallest absolute Gasteiger partial charge is 0.222 e. The number of thiophene rings is 1. The molecular weight excluding hydrogens is 402 g/mol. The molecule has 0 radical (unpaired) electrons. The lowest BCUT2D eigenvalue weighted by molar-refractivity contribution is -0.133. The molecule has 1 aliphatic rings. The zero-order valence-corrected chi connectivity index (χ0v) is 19.3. The Bertz CT molecular complexity index is 805. The minimum absolute atomic E-state index is 0.0778. The van der Waals surface area contributed by atoms with Gasteiger partial charge in [0.05, 0.1) is 12.1 Å². The molecular formula is C24H32ClNO2S. The first-order valence-corrected chi connectivity index (χ1v) is 11.8. The SMILES string of the molecule is CCC(=O)N(CC[C@@]1(Cc2ccccc2Cl)CCOC(C)(C)C1)Cc1cccs1. The predicted molar refractivity (Wildman–Crippen MR) is 121 cm³/mol. The van der Waals surface area contributed by atoms with Crippen molar-refractivity contribution in [3.63, 3.8) is 0 Å². The third-order valence-corrected chi connectivity index (χ3v) is 7.17. The first-order chi connectivity index (χ1) is 13.8. The van der Waals surface area contributed by atoms with Crippen LogP contribution in [0, 0.1) is 5.41 Å². The number of benzene rings is 1. The van der Waals surface area contributed by atoms with Gasteiger partial charge in [-0.2, -0.15) is 0 Å². The van der Waals surface area contributed by atoms with Crippen LogP contribution in [0.3, 0.4) is 0 Å². The summed E-state index contributed by atoms with van der Waals surface area (Å²) in [5, 5.41) is 2.90. The molecule has 1 fully saturated rings. The summed E-state index contributed by atoms with van der Waals surface area (Å²) in [5.74, 6) is 0.220. The van der Waals surface area contributed by atoms with Crippen LogP contribution < -0.4 is 0 Å². The molecule has 5 heteroatoms. The number of rotatable bonds is 8. The molecule has 1 aromatic carbocycles. The highest BCUT2D eigenvalue weighted by Crippen LogP contribution is 2.45. The summed E-state index contributed by atoms with van der Waals surface area (Å²) < 4.78 is 6.04. The van der Waals surface area contributed by atoms with Crippen molar-refractivity contribution in [2.24, 2.45) is 5.41 Å². The summed E-state index contributed by atoms with van der Waals surface area (Å²) in [7, 11) is 0. The lowest BCUT2D eigenvalue weighted by Crippen LogP contribution is -2.44. The van der Waals surface area contributed by atoms with E-state index in [-0.39, 0.29) is 16.9 Å². The Labute approximate surface area is 184 Å². The molecule has 1 atom stereocenters. The number of hydrogen-bond acceptors (Lipinski definition) is 3. The first kappa shape index (κ1) is 22.3. The molecule has 3 nitrogen and oxygen atoms in total. The molecule has 0 unspecified atom stereocenters. The van der Waals surface area contributed by atoms with E-state index in [1.807, 2.05) is 24.0 Å². The van der Waals surface area contributed by atoms with Crippen molar-refractivity contribution in [1.82, 2.24) is 4.90 Å². The van der Waals surface area contributed by atoms with E-state index in [1.54, 1.807) is 11.3 Å². The monoisotopic (exact) mass is 433 g/mol. The maximum atomic E-state index is 12.6. The quantitative estimate of drug-likeness (QED) is 0.485. The number of nitrogens with zero attached hydrogens (tertiary/aromatic N) is 1. The summed E-state index contributed by atoms with van der Waals surface area (Å²) in [4.78, 5) is 15.9. The van der Waals surface area contributed by atoms with Crippen LogP contribution in [-0.4, -0.2) is 29.6 Å². The molecule has 1 saturated heterocycles. The molecule has 1 aliphatic heterocycles. The van der Waals surface area contributed by atoms with Crippen LogP contribution in [0.4, 0.5) is 0 Å². The van der Waals surface area contributed by atoms with E-state index >= 15 is 0 Å². The zero-order valence-electron chi connectivity index (χ0n) is 17.7. The Kier molecular flexibility index (Phi) is 7.42. The highest BCUT2D eigenvalue weighted by atomic mass is 35.5. The van der Waals surface area contributed by atoms with E-state index in [2.05, 4.69) is 43.5 Å². The van der Waals surface area contributed by atoms with Gasteiger partial charge in [0.2, 0.25) is 5.91 Å². The fourth-order valence-electron chi connectivity index (χ4n) is 4.56. The molecule has 0 spiro atoms. The van der Waals surface area contributed by atoms with E-state index in [0.717, 1.165) is 43.9 Å². The van der Waals surface area contributed by atoms with Gasteiger partial charge < -0.3 is 9.64 Å². The Morgan fingerprint density at radius 3 is 2.69 bits per heavy atom. The lowest BCUT2D eigenvalue weighted by Gasteiger charge is -2.46. The van der Waals surface area contributed by atoms with Crippen LogP contribution in [0.5, 0.6) is 0 Å². The van der Waals surface area contributed by atoms with E-state index in [9.17, 15) is 4.79 Å². The largest absolute Gasteiger partial charge is 0.376 e. The van der Waals surface area contributed by atoms with Gasteiger partial charge in [-0.25, -0.2) is 0 Å². The summed E-state index contributed by atoms with van der Waals surface area (Å²) in [5.41, 5.74) is 1.11. The Morgan fingerprint density at radius 2 is 2.03 bits per heavy atom. The maximum Gasteiger partial charge on any atom is 0.222 e. The molecule has 0 N–H and O–H groups in total. The van der Waals surface area contributed by atoms with Crippen molar-refractivity contribution >= 4 is 28.8 Å². The van der Waals surface area contributed by atoms with Crippen LogP contribution in [0.25, 0.3) is 0 Å². The van der Waals surface area contributed by atoms with E-state index in [4.69, 9.17) is 16.3 Å². The number of amides is 1. The molecule has 3 rings (SSSR count). The van der Waals surface area contributed by atoms with Crippen LogP contribution in [0.2, 0.25) is 5.02 Å². The average Bonchev–Trinajstić information content (AvgIpc) is 3.19. The van der Waals surface area contributed by atoms with Crippen molar-refractivity contribution < 1.29 is 9.53 Å². The van der Waals surface area contributed by atoms with Gasteiger partial charge in [-0.15, -0.1) is 11.3 Å². The Morgan fingerprint density at radius 1 is 1.24 bits per heavy atom. The van der Waals surface area contributed by atoms with Crippen molar-refractivity contribution in [2.45, 2.75) is 65.0 Å². The van der Waals surface area contributed by atoms with Gasteiger partial charge in [0, 0.05) is 29.5 Å². The Hall–Kier alpha value is -1.36. The molecule has 0 aliphatic carbocycles. The minimum Gasteiger partial charge on any atom is -0.376 e. The molecule has 0 saturated carbocycles. The zero-order chi connectivity index (χ0) is 20.9. The summed E-state index contributed by atoms with van der Waals surface area (Å²) in [6.07, 6.45) is 4.39. The first-order valence-electron chi connectivity index (χ1n) is 10.5. The van der Waals surface area contributed by atoms with Crippen LogP contribution in [0.1, 0.15) is 56.9 Å². The number of ether oxygens (including phenoxy) is 1. The van der Waals surface area contributed by atoms with Gasteiger partial charge in [-0.1, -0.05) is 42.8 Å². The van der Waals surface area contributed by atoms with Crippen LogP contribution in [-0.2, 0) is 22.5 Å². The second-order valence-electron chi connectivity index (χ2n) is 8.80. The number of hydrogen-bond donors (Lipinski definition) is 0. The van der Waals surface area contributed by atoms with Crippen molar-refractivity contribution in [1.29, 1.82) is 0 Å². The van der Waals surface area contributed by atoms with Gasteiger partial charge >= 0.3 is 0 Å². The second kappa shape index (κ2) is 9.63. The van der Waals surface area contributed by atoms with Crippen LogP contribution in [0.15, 0.2) is 41.8 Å². The summed E-state index contributed by atoms with van der Waals surface area (Å²) >= 11 is 8.23. The standard InChI is InChI=1S/C24H32ClNO2S/c1-4-22(27)26(17-20-9-7-15-29-20)13-11-24(12-14-28-23(2,3)18-24)16-19-8-5-6-10-21(19)25/h5-10,15H,4,11-14,16-18H2,1-3H3/t24-/m0/s1. The van der Waals surface area contributed by atoms with Gasteiger partial charge in [0.15, 0.2) is 0 Å². The summed E-state index contributed by atoms with van der Waals surface area (Å²) in [6.45, 7) is 8.52. The van der Waals surface area contributed by atoms with Crippen molar-refractivity contribution in [3.05, 3.63) is 57.2 Å². The number of carbonyl (C=O) groups excluding carboxylic acids is 1. The molecule has 1 amide bonds.